The Kier molecular flexibility index (Phi) is 7.25. The Morgan fingerprint density at radius 3 is 2.76 bits per heavy atom. The summed E-state index contributed by atoms with van der Waals surface area (Å²) in [7, 11) is 1.79. The molecule has 1 aromatic carbocycles. The summed E-state index contributed by atoms with van der Waals surface area (Å²) < 4.78 is 31.3. The van der Waals surface area contributed by atoms with Gasteiger partial charge in [-0.1, -0.05) is 0 Å². The molecule has 0 radical (unpaired) electrons. The van der Waals surface area contributed by atoms with Gasteiger partial charge in [-0.3, -0.25) is 4.79 Å². The van der Waals surface area contributed by atoms with Gasteiger partial charge in [0, 0.05) is 18.7 Å². The van der Waals surface area contributed by atoms with Crippen molar-refractivity contribution in [1.29, 1.82) is 0 Å². The zero-order valence-electron chi connectivity index (χ0n) is 12.3. The lowest BCUT2D eigenvalue weighted by atomic mass is 10.1. The molecule has 0 bridgehead atoms. The number of aliphatic hydroxyl groups is 1. The third-order valence-electron chi connectivity index (χ3n) is 3.10. The summed E-state index contributed by atoms with van der Waals surface area (Å²) >= 11 is 0. The molecule has 0 amide bonds. The van der Waals surface area contributed by atoms with Gasteiger partial charge in [0.2, 0.25) is 0 Å². The lowest BCUT2D eigenvalue weighted by Gasteiger charge is -2.19. The minimum atomic E-state index is -1.08. The fourth-order valence-corrected chi connectivity index (χ4v) is 1.90. The average molecular weight is 301 g/mol. The summed E-state index contributed by atoms with van der Waals surface area (Å²) in [5.74, 6) is -1.49. The summed E-state index contributed by atoms with van der Waals surface area (Å²) in [5.41, 5.74) is -0.0474. The molecule has 1 rings (SSSR count). The number of hydrogen-bond acceptors (Lipinski definition) is 4. The summed E-state index contributed by atoms with van der Waals surface area (Å²) in [6.07, 6.45) is -0.570. The number of esters is 1. The van der Waals surface area contributed by atoms with Crippen LogP contribution in [0.25, 0.3) is 0 Å². The number of hydrogen-bond donors (Lipinski definition) is 1. The van der Waals surface area contributed by atoms with Crippen molar-refractivity contribution >= 4 is 5.97 Å². The number of benzene rings is 1. The minimum Gasteiger partial charge on any atom is -0.466 e. The Morgan fingerprint density at radius 1 is 1.38 bits per heavy atom. The van der Waals surface area contributed by atoms with Gasteiger partial charge < -0.3 is 14.7 Å². The highest BCUT2D eigenvalue weighted by Gasteiger charge is 2.15. The monoisotopic (exact) mass is 301 g/mol. The lowest BCUT2D eigenvalue weighted by Crippen LogP contribution is -2.25. The Balaban J connectivity index is 2.40. The van der Waals surface area contributed by atoms with E-state index in [2.05, 4.69) is 0 Å². The molecule has 1 atom stereocenters. The van der Waals surface area contributed by atoms with Gasteiger partial charge in [-0.15, -0.1) is 0 Å². The molecule has 4 nitrogen and oxygen atoms in total. The van der Waals surface area contributed by atoms with Crippen LogP contribution in [-0.4, -0.2) is 42.7 Å². The molecule has 0 heterocycles. The van der Waals surface area contributed by atoms with E-state index < -0.39 is 17.7 Å². The molecule has 0 saturated carbocycles. The fraction of sp³-hybridized carbons (Fsp3) is 0.533. The summed E-state index contributed by atoms with van der Waals surface area (Å²) in [5, 5.41) is 9.91. The van der Waals surface area contributed by atoms with E-state index >= 15 is 0 Å². The van der Waals surface area contributed by atoms with Crippen LogP contribution in [-0.2, 0) is 9.53 Å². The maximum absolute atomic E-state index is 13.5. The third kappa shape index (κ3) is 6.18. The van der Waals surface area contributed by atoms with Crippen molar-refractivity contribution in [2.75, 3.05) is 26.7 Å². The van der Waals surface area contributed by atoms with E-state index in [0.717, 1.165) is 18.2 Å². The van der Waals surface area contributed by atoms with E-state index in [4.69, 9.17) is 4.74 Å². The first-order valence-electron chi connectivity index (χ1n) is 6.91. The Bertz CT molecular complexity index is 468. The molecule has 0 aromatic heterocycles. The highest BCUT2D eigenvalue weighted by Crippen LogP contribution is 2.21. The molecule has 0 saturated heterocycles. The third-order valence-corrected chi connectivity index (χ3v) is 3.10. The van der Waals surface area contributed by atoms with E-state index in [1.54, 1.807) is 14.0 Å². The SMILES string of the molecule is CCOC(=O)CCN(C)CCC(O)c1cc(F)ccc1F. The largest absolute Gasteiger partial charge is 0.466 e. The molecule has 1 unspecified atom stereocenters. The van der Waals surface area contributed by atoms with Crippen molar-refractivity contribution < 1.29 is 23.4 Å². The standard InChI is InChI=1S/C15H21F2NO3/c1-3-21-15(20)7-9-18(2)8-6-14(19)12-10-11(16)4-5-13(12)17/h4-5,10,14,19H,3,6-9H2,1-2H3. The molecular weight excluding hydrogens is 280 g/mol. The van der Waals surface area contributed by atoms with Gasteiger partial charge in [-0.25, -0.2) is 8.78 Å². The maximum Gasteiger partial charge on any atom is 0.307 e. The lowest BCUT2D eigenvalue weighted by molar-refractivity contribution is -0.143. The number of halogens is 2. The normalized spacial score (nSPS) is 12.5. The van der Waals surface area contributed by atoms with Crippen LogP contribution in [0.2, 0.25) is 0 Å². The minimum absolute atomic E-state index is 0.0474. The Labute approximate surface area is 123 Å². The number of nitrogens with zero attached hydrogens (tertiary/aromatic N) is 1. The Morgan fingerprint density at radius 2 is 2.10 bits per heavy atom. The second-order valence-electron chi connectivity index (χ2n) is 4.83. The van der Waals surface area contributed by atoms with Gasteiger partial charge in [0.25, 0.3) is 0 Å². The van der Waals surface area contributed by atoms with Gasteiger partial charge in [-0.2, -0.15) is 0 Å². The molecule has 118 valence electrons. The topological polar surface area (TPSA) is 49.8 Å². The highest BCUT2D eigenvalue weighted by molar-refractivity contribution is 5.69. The van der Waals surface area contributed by atoms with Crippen molar-refractivity contribution in [2.45, 2.75) is 25.9 Å². The summed E-state index contributed by atoms with van der Waals surface area (Å²) in [6.45, 7) is 3.03. The van der Waals surface area contributed by atoms with E-state index in [1.165, 1.54) is 0 Å². The van der Waals surface area contributed by atoms with E-state index in [9.17, 15) is 18.7 Å². The van der Waals surface area contributed by atoms with Gasteiger partial charge in [-0.05, 0) is 38.6 Å². The maximum atomic E-state index is 13.5. The van der Waals surface area contributed by atoms with Gasteiger partial charge in [0.15, 0.2) is 0 Å². The van der Waals surface area contributed by atoms with Crippen LogP contribution in [0.4, 0.5) is 8.78 Å². The predicted octanol–water partition coefficient (Wildman–Crippen LogP) is 2.27. The average Bonchev–Trinajstić information content (AvgIpc) is 2.45. The van der Waals surface area contributed by atoms with Crippen molar-refractivity contribution in [3.05, 3.63) is 35.4 Å². The van der Waals surface area contributed by atoms with Crippen molar-refractivity contribution in [3.63, 3.8) is 0 Å². The molecule has 0 aliphatic rings. The van der Waals surface area contributed by atoms with Gasteiger partial charge in [0.05, 0.1) is 19.1 Å². The summed E-state index contributed by atoms with van der Waals surface area (Å²) in [6, 6.07) is 3.01. The Hall–Kier alpha value is -1.53. The second-order valence-corrected chi connectivity index (χ2v) is 4.83. The van der Waals surface area contributed by atoms with Crippen molar-refractivity contribution in [2.24, 2.45) is 0 Å². The van der Waals surface area contributed by atoms with Crippen LogP contribution < -0.4 is 0 Å². The van der Waals surface area contributed by atoms with Crippen LogP contribution in [0, 0.1) is 11.6 Å². The van der Waals surface area contributed by atoms with Crippen molar-refractivity contribution in [1.82, 2.24) is 4.90 Å². The van der Waals surface area contributed by atoms with E-state index in [1.807, 2.05) is 4.90 Å². The second kappa shape index (κ2) is 8.69. The van der Waals surface area contributed by atoms with Crippen LogP contribution in [0.3, 0.4) is 0 Å². The first-order valence-corrected chi connectivity index (χ1v) is 6.91. The van der Waals surface area contributed by atoms with E-state index in [-0.39, 0.29) is 24.4 Å². The molecule has 1 N–H and O–H groups in total. The van der Waals surface area contributed by atoms with Crippen LogP contribution >= 0.6 is 0 Å². The van der Waals surface area contributed by atoms with Crippen LogP contribution in [0.5, 0.6) is 0 Å². The van der Waals surface area contributed by atoms with Gasteiger partial charge >= 0.3 is 5.97 Å². The van der Waals surface area contributed by atoms with Crippen LogP contribution in [0.1, 0.15) is 31.4 Å². The predicted molar refractivity (Wildman–Crippen MR) is 74.7 cm³/mol. The number of rotatable bonds is 8. The number of ether oxygens (including phenoxy) is 1. The number of carbonyl (C=O) groups excluding carboxylic acids is 1. The summed E-state index contributed by atoms with van der Waals surface area (Å²) in [4.78, 5) is 13.0. The number of aliphatic hydroxyl groups excluding tert-OH is 1. The zero-order chi connectivity index (χ0) is 15.8. The quantitative estimate of drug-likeness (QED) is 0.748. The molecule has 0 fully saturated rings. The molecule has 0 aliphatic heterocycles. The fourth-order valence-electron chi connectivity index (χ4n) is 1.90. The van der Waals surface area contributed by atoms with Crippen LogP contribution in [0.15, 0.2) is 18.2 Å². The first-order chi connectivity index (χ1) is 9.93. The van der Waals surface area contributed by atoms with E-state index in [0.29, 0.717) is 19.7 Å². The molecule has 6 heteroatoms. The highest BCUT2D eigenvalue weighted by atomic mass is 19.1. The molecule has 21 heavy (non-hydrogen) atoms. The molecule has 0 spiro atoms. The number of carbonyl (C=O) groups is 1. The zero-order valence-corrected chi connectivity index (χ0v) is 12.3. The first kappa shape index (κ1) is 17.5. The van der Waals surface area contributed by atoms with Crippen molar-refractivity contribution in [3.8, 4) is 0 Å². The molecular formula is C15H21F2NO3. The smallest absolute Gasteiger partial charge is 0.307 e. The van der Waals surface area contributed by atoms with Gasteiger partial charge in [0.1, 0.15) is 11.6 Å². The molecule has 0 aliphatic carbocycles. The molecule has 1 aromatic rings.